The fraction of sp³-hybridized carbons (Fsp3) is 0.522. The molecule has 10 heteroatoms. The van der Waals surface area contributed by atoms with E-state index in [0.717, 1.165) is 54.9 Å². The zero-order chi connectivity index (χ0) is 22.7. The number of carbonyl (C=O) groups is 2. The molecular weight excluding hydrogens is 424 g/mol. The minimum Gasteiger partial charge on any atom is -0.456 e. The molecule has 2 atom stereocenters. The van der Waals surface area contributed by atoms with E-state index in [-0.39, 0.29) is 24.5 Å². The lowest BCUT2D eigenvalue weighted by Crippen LogP contribution is -2.45. The Hall–Kier alpha value is -3.11. The molecule has 10 nitrogen and oxygen atoms in total. The Morgan fingerprint density at radius 1 is 1.27 bits per heavy atom. The number of rotatable bonds is 4. The van der Waals surface area contributed by atoms with Gasteiger partial charge in [0.2, 0.25) is 5.91 Å². The van der Waals surface area contributed by atoms with Crippen LogP contribution in [0.5, 0.6) is 0 Å². The molecule has 1 amide bonds. The van der Waals surface area contributed by atoms with Gasteiger partial charge in [-0.15, -0.1) is 5.10 Å². The number of tetrazole rings is 1. The lowest BCUT2D eigenvalue weighted by Gasteiger charge is -2.38. The number of nitrogens with zero attached hydrogens (tertiary/aromatic N) is 6. The van der Waals surface area contributed by atoms with Gasteiger partial charge in [-0.2, -0.15) is 0 Å². The van der Waals surface area contributed by atoms with Crippen LogP contribution >= 0.6 is 0 Å². The largest absolute Gasteiger partial charge is 0.456 e. The molecule has 1 spiro atoms. The Morgan fingerprint density at radius 2 is 2.09 bits per heavy atom. The SMILES string of the molecule is C[C@H]1CC2(CCN(C[C@@H](O)c3ccc4c(c3)-c3nnnn3C4)CC2)C(=O)N1C1=CC(=O)OC1. The number of aromatic nitrogens is 4. The van der Waals surface area contributed by atoms with Gasteiger partial charge in [-0.3, -0.25) is 4.79 Å². The smallest absolute Gasteiger partial charge is 0.333 e. The highest BCUT2D eigenvalue weighted by atomic mass is 16.5. The molecule has 4 aliphatic heterocycles. The molecule has 0 bridgehead atoms. The molecule has 1 N–H and O–H groups in total. The lowest BCUT2D eigenvalue weighted by atomic mass is 9.76. The van der Waals surface area contributed by atoms with Crippen LogP contribution in [0.25, 0.3) is 11.4 Å². The van der Waals surface area contributed by atoms with Crippen molar-refractivity contribution in [3.8, 4) is 11.4 Å². The first-order valence-corrected chi connectivity index (χ1v) is 11.4. The third kappa shape index (κ3) is 3.27. The predicted molar refractivity (Wildman–Crippen MR) is 115 cm³/mol. The van der Waals surface area contributed by atoms with E-state index in [4.69, 9.17) is 4.74 Å². The summed E-state index contributed by atoms with van der Waals surface area (Å²) < 4.78 is 6.78. The quantitative estimate of drug-likeness (QED) is 0.583. The van der Waals surface area contributed by atoms with Crippen molar-refractivity contribution < 1.29 is 19.4 Å². The highest BCUT2D eigenvalue weighted by Gasteiger charge is 2.52. The monoisotopic (exact) mass is 450 g/mol. The van der Waals surface area contributed by atoms with Gasteiger partial charge in [0.05, 0.1) is 23.8 Å². The van der Waals surface area contributed by atoms with Crippen LogP contribution < -0.4 is 0 Å². The molecule has 1 aromatic carbocycles. The summed E-state index contributed by atoms with van der Waals surface area (Å²) in [5, 5.41) is 22.7. The standard InChI is InChI=1S/C23H26N6O4/c1-14-10-23(22(32)29(14)17-9-20(31)33-13-17)4-6-27(7-5-23)12-19(30)15-2-3-16-11-28-21(18(16)8-15)24-25-26-28/h2-3,8-9,14,19,30H,4-7,10-13H2,1H3/t14-,19+/m0/s1. The van der Waals surface area contributed by atoms with E-state index >= 15 is 0 Å². The average Bonchev–Trinajstić information content (AvgIpc) is 3.54. The van der Waals surface area contributed by atoms with E-state index in [2.05, 4.69) is 20.4 Å². The summed E-state index contributed by atoms with van der Waals surface area (Å²) >= 11 is 0. The highest BCUT2D eigenvalue weighted by Crippen LogP contribution is 2.46. The topological polar surface area (TPSA) is 114 Å². The number of cyclic esters (lactones) is 1. The Bertz CT molecular complexity index is 1170. The number of benzene rings is 1. The van der Waals surface area contributed by atoms with Gasteiger partial charge in [0.15, 0.2) is 5.82 Å². The van der Waals surface area contributed by atoms with E-state index in [1.54, 1.807) is 9.58 Å². The molecule has 172 valence electrons. The zero-order valence-corrected chi connectivity index (χ0v) is 18.5. The van der Waals surface area contributed by atoms with Crippen molar-refractivity contribution in [1.29, 1.82) is 0 Å². The number of fused-ring (bicyclic) bond motifs is 3. The van der Waals surface area contributed by atoms with Gasteiger partial charge >= 0.3 is 5.97 Å². The second-order valence-corrected chi connectivity index (χ2v) is 9.65. The molecule has 5 heterocycles. The maximum absolute atomic E-state index is 13.4. The number of β-amino-alcohol motifs (C(OH)–C–C–N with tert-alkyl or cyclic N) is 1. The first-order valence-electron chi connectivity index (χ1n) is 11.4. The Kier molecular flexibility index (Phi) is 4.63. The van der Waals surface area contributed by atoms with E-state index in [9.17, 15) is 14.7 Å². The molecule has 2 fully saturated rings. The van der Waals surface area contributed by atoms with Gasteiger partial charge in [0.1, 0.15) is 6.61 Å². The zero-order valence-electron chi connectivity index (χ0n) is 18.5. The van der Waals surface area contributed by atoms with Crippen molar-refractivity contribution in [2.45, 2.75) is 44.9 Å². The molecule has 1 aromatic heterocycles. The van der Waals surface area contributed by atoms with E-state index in [1.165, 1.54) is 6.08 Å². The first-order chi connectivity index (χ1) is 15.9. The van der Waals surface area contributed by atoms with Crippen LogP contribution in [-0.4, -0.2) is 79.3 Å². The number of piperidine rings is 1. The number of amides is 1. The van der Waals surface area contributed by atoms with Crippen molar-refractivity contribution in [2.75, 3.05) is 26.2 Å². The minimum absolute atomic E-state index is 0.0540. The third-order valence-corrected chi connectivity index (χ3v) is 7.61. The summed E-state index contributed by atoms with van der Waals surface area (Å²) in [6, 6.07) is 6.03. The van der Waals surface area contributed by atoms with E-state index in [0.29, 0.717) is 18.8 Å². The number of carbonyl (C=O) groups excluding carboxylic acids is 2. The van der Waals surface area contributed by atoms with Crippen LogP contribution in [0.15, 0.2) is 30.0 Å². The van der Waals surface area contributed by atoms with Crippen LogP contribution in [0, 0.1) is 5.41 Å². The Morgan fingerprint density at radius 3 is 2.85 bits per heavy atom. The molecule has 6 rings (SSSR count). The number of aliphatic hydroxyl groups excluding tert-OH is 1. The summed E-state index contributed by atoms with van der Waals surface area (Å²) in [7, 11) is 0. The van der Waals surface area contributed by atoms with Gasteiger partial charge in [-0.1, -0.05) is 12.1 Å². The number of hydrogen-bond donors (Lipinski definition) is 1. The van der Waals surface area contributed by atoms with Crippen LogP contribution in [0.3, 0.4) is 0 Å². The molecule has 0 radical (unpaired) electrons. The maximum Gasteiger partial charge on any atom is 0.333 e. The highest BCUT2D eigenvalue weighted by molar-refractivity contribution is 5.91. The lowest BCUT2D eigenvalue weighted by molar-refractivity contribution is -0.139. The van der Waals surface area contributed by atoms with E-state index < -0.39 is 11.5 Å². The fourth-order valence-corrected chi connectivity index (χ4v) is 5.86. The van der Waals surface area contributed by atoms with Gasteiger partial charge in [-0.25, -0.2) is 9.48 Å². The van der Waals surface area contributed by atoms with Crippen molar-refractivity contribution in [3.63, 3.8) is 0 Å². The van der Waals surface area contributed by atoms with Crippen molar-refractivity contribution in [2.24, 2.45) is 5.41 Å². The number of likely N-dealkylation sites (tertiary alicyclic amines) is 2. The molecule has 0 aliphatic carbocycles. The second kappa shape index (κ2) is 7.46. The van der Waals surface area contributed by atoms with Crippen LogP contribution in [0.4, 0.5) is 0 Å². The molecule has 2 saturated heterocycles. The maximum atomic E-state index is 13.4. The van der Waals surface area contributed by atoms with Crippen molar-refractivity contribution in [3.05, 3.63) is 41.1 Å². The van der Waals surface area contributed by atoms with Gasteiger partial charge in [0.25, 0.3) is 0 Å². The second-order valence-electron chi connectivity index (χ2n) is 9.65. The Balaban J connectivity index is 1.11. The minimum atomic E-state index is -0.629. The first kappa shape index (κ1) is 20.5. The number of aliphatic hydroxyl groups is 1. The number of hydrogen-bond acceptors (Lipinski definition) is 8. The fourth-order valence-electron chi connectivity index (χ4n) is 5.86. The van der Waals surface area contributed by atoms with Crippen LogP contribution in [0.2, 0.25) is 0 Å². The molecule has 0 unspecified atom stereocenters. The number of ether oxygens (including phenoxy) is 1. The summed E-state index contributed by atoms with van der Waals surface area (Å²) in [6.07, 6.45) is 3.10. The normalized spacial score (nSPS) is 24.7. The predicted octanol–water partition coefficient (Wildman–Crippen LogP) is 0.879. The van der Waals surface area contributed by atoms with E-state index in [1.807, 2.05) is 25.1 Å². The molecule has 0 saturated carbocycles. The van der Waals surface area contributed by atoms with Gasteiger partial charge in [-0.05, 0) is 66.9 Å². The molecule has 33 heavy (non-hydrogen) atoms. The summed E-state index contributed by atoms with van der Waals surface area (Å²) in [5.41, 5.74) is 3.24. The van der Waals surface area contributed by atoms with Crippen LogP contribution in [0.1, 0.15) is 43.4 Å². The molecule has 4 aliphatic rings. The number of esters is 1. The summed E-state index contributed by atoms with van der Waals surface area (Å²) in [4.78, 5) is 28.8. The summed E-state index contributed by atoms with van der Waals surface area (Å²) in [5.74, 6) is 0.468. The average molecular weight is 450 g/mol. The van der Waals surface area contributed by atoms with Crippen molar-refractivity contribution >= 4 is 11.9 Å². The van der Waals surface area contributed by atoms with Gasteiger partial charge < -0.3 is 19.6 Å². The molecule has 2 aromatic rings. The van der Waals surface area contributed by atoms with Gasteiger partial charge in [0, 0.05) is 24.2 Å². The molecular formula is C23H26N6O4. The summed E-state index contributed by atoms with van der Waals surface area (Å²) in [6.45, 7) is 4.89. The van der Waals surface area contributed by atoms with Crippen LogP contribution in [-0.2, 0) is 20.9 Å². The Labute approximate surface area is 190 Å². The third-order valence-electron chi connectivity index (χ3n) is 7.61. The van der Waals surface area contributed by atoms with Crippen molar-refractivity contribution in [1.82, 2.24) is 30.0 Å².